The molecule has 2 aromatic carbocycles. The third-order valence-corrected chi connectivity index (χ3v) is 7.40. The predicted molar refractivity (Wildman–Crippen MR) is 148 cm³/mol. The first-order valence-electron chi connectivity index (χ1n) is 13.5. The third kappa shape index (κ3) is 6.73. The van der Waals surface area contributed by atoms with Gasteiger partial charge in [0.15, 0.2) is 5.82 Å². The zero-order valence-corrected chi connectivity index (χ0v) is 22.1. The standard InChI is InChI=1S/C30H39N5O2/c1-23-7-6-8-25(19-23)20-28-24(2)31-29(26-9-4-3-5-10-26)32-30(28)35-13-11-33(12-14-35)21-27(36)22-34-15-17-37-18-16-34/h3-10,19,27,36H,11-18,20-22H2,1-2H3/t27-/m0/s1. The highest BCUT2D eigenvalue weighted by Gasteiger charge is 2.25. The number of aromatic nitrogens is 2. The van der Waals surface area contributed by atoms with Crippen LogP contribution in [0.25, 0.3) is 11.4 Å². The molecule has 1 aromatic heterocycles. The minimum Gasteiger partial charge on any atom is -0.390 e. The number of morpholine rings is 1. The third-order valence-electron chi connectivity index (χ3n) is 7.40. The number of anilines is 1. The van der Waals surface area contributed by atoms with E-state index in [1.54, 1.807) is 0 Å². The number of nitrogens with zero attached hydrogens (tertiary/aromatic N) is 5. The second kappa shape index (κ2) is 12.1. The maximum absolute atomic E-state index is 10.7. The van der Waals surface area contributed by atoms with Gasteiger partial charge in [-0.2, -0.15) is 0 Å². The first kappa shape index (κ1) is 25.8. The zero-order valence-electron chi connectivity index (χ0n) is 22.1. The molecule has 3 heterocycles. The number of benzene rings is 2. The van der Waals surface area contributed by atoms with E-state index < -0.39 is 0 Å². The van der Waals surface area contributed by atoms with Crippen molar-refractivity contribution in [2.45, 2.75) is 26.4 Å². The van der Waals surface area contributed by atoms with Gasteiger partial charge in [-0.3, -0.25) is 9.80 Å². The van der Waals surface area contributed by atoms with Gasteiger partial charge >= 0.3 is 0 Å². The Kier molecular flexibility index (Phi) is 8.46. The molecule has 3 aromatic rings. The van der Waals surface area contributed by atoms with Crippen molar-refractivity contribution >= 4 is 5.82 Å². The van der Waals surface area contributed by atoms with E-state index in [1.165, 1.54) is 16.7 Å². The molecule has 0 radical (unpaired) electrons. The average molecular weight is 502 g/mol. The average Bonchev–Trinajstić information content (AvgIpc) is 2.91. The Morgan fingerprint density at radius 2 is 1.54 bits per heavy atom. The molecule has 0 saturated carbocycles. The van der Waals surface area contributed by atoms with E-state index in [1.807, 2.05) is 18.2 Å². The summed E-state index contributed by atoms with van der Waals surface area (Å²) in [5.74, 6) is 1.82. The number of hydrogen-bond acceptors (Lipinski definition) is 7. The van der Waals surface area contributed by atoms with Crippen molar-refractivity contribution in [3.63, 3.8) is 0 Å². The van der Waals surface area contributed by atoms with E-state index in [0.29, 0.717) is 6.54 Å². The van der Waals surface area contributed by atoms with Crippen LogP contribution in [0, 0.1) is 13.8 Å². The molecule has 0 amide bonds. The van der Waals surface area contributed by atoms with Crippen molar-refractivity contribution in [3.05, 3.63) is 77.0 Å². The van der Waals surface area contributed by atoms with Crippen LogP contribution in [0.5, 0.6) is 0 Å². The Balaban J connectivity index is 1.32. The molecule has 7 heteroatoms. The fourth-order valence-electron chi connectivity index (χ4n) is 5.37. The first-order valence-corrected chi connectivity index (χ1v) is 13.5. The molecule has 1 atom stereocenters. The molecular weight excluding hydrogens is 462 g/mol. The summed E-state index contributed by atoms with van der Waals surface area (Å²) in [6.45, 7) is 12.6. The SMILES string of the molecule is Cc1cccc(Cc2c(C)nc(-c3ccccc3)nc2N2CCN(C[C@H](O)CN3CCOCC3)CC2)c1. The molecule has 7 nitrogen and oxygen atoms in total. The summed E-state index contributed by atoms with van der Waals surface area (Å²) in [6.07, 6.45) is 0.476. The second-order valence-corrected chi connectivity index (χ2v) is 10.3. The quantitative estimate of drug-likeness (QED) is 0.509. The van der Waals surface area contributed by atoms with Crippen LogP contribution in [0.4, 0.5) is 5.82 Å². The van der Waals surface area contributed by atoms with Gasteiger partial charge in [-0.25, -0.2) is 9.97 Å². The Bertz CT molecular complexity index is 1160. The van der Waals surface area contributed by atoms with Gasteiger partial charge in [0.2, 0.25) is 0 Å². The topological polar surface area (TPSA) is 65.0 Å². The highest BCUT2D eigenvalue weighted by molar-refractivity contribution is 5.61. The highest BCUT2D eigenvalue weighted by Crippen LogP contribution is 2.28. The van der Waals surface area contributed by atoms with Crippen LogP contribution in [-0.4, -0.2) is 96.6 Å². The van der Waals surface area contributed by atoms with Crippen LogP contribution in [0.15, 0.2) is 54.6 Å². The molecule has 2 saturated heterocycles. The van der Waals surface area contributed by atoms with Gasteiger partial charge in [0, 0.05) is 75.6 Å². The first-order chi connectivity index (χ1) is 18.0. The lowest BCUT2D eigenvalue weighted by Gasteiger charge is -2.38. The minimum absolute atomic E-state index is 0.340. The van der Waals surface area contributed by atoms with Crippen molar-refractivity contribution in [2.24, 2.45) is 0 Å². The maximum atomic E-state index is 10.7. The number of rotatable bonds is 8. The Morgan fingerprint density at radius 3 is 2.24 bits per heavy atom. The molecule has 0 spiro atoms. The van der Waals surface area contributed by atoms with Crippen LogP contribution in [0.2, 0.25) is 0 Å². The van der Waals surface area contributed by atoms with Gasteiger partial charge in [0.05, 0.1) is 19.3 Å². The molecule has 0 aliphatic carbocycles. The molecule has 0 bridgehead atoms. The van der Waals surface area contributed by atoms with Crippen molar-refractivity contribution in [2.75, 3.05) is 70.5 Å². The van der Waals surface area contributed by atoms with Gasteiger partial charge in [0.25, 0.3) is 0 Å². The molecule has 37 heavy (non-hydrogen) atoms. The van der Waals surface area contributed by atoms with Crippen LogP contribution >= 0.6 is 0 Å². The molecule has 196 valence electrons. The number of ether oxygens (including phenoxy) is 1. The fraction of sp³-hybridized carbons (Fsp3) is 0.467. The van der Waals surface area contributed by atoms with E-state index in [2.05, 4.69) is 64.9 Å². The van der Waals surface area contributed by atoms with E-state index in [4.69, 9.17) is 14.7 Å². The van der Waals surface area contributed by atoms with Crippen LogP contribution in [0.1, 0.15) is 22.4 Å². The van der Waals surface area contributed by atoms with Gasteiger partial charge in [0.1, 0.15) is 5.82 Å². The Labute approximate surface area is 220 Å². The normalized spacial score (nSPS) is 18.2. The lowest BCUT2D eigenvalue weighted by Crippen LogP contribution is -2.51. The molecule has 2 aliphatic heterocycles. The molecule has 1 N–H and O–H groups in total. The molecule has 2 aliphatic rings. The van der Waals surface area contributed by atoms with Gasteiger partial charge < -0.3 is 14.7 Å². The van der Waals surface area contributed by atoms with Crippen LogP contribution < -0.4 is 4.90 Å². The van der Waals surface area contributed by atoms with Crippen LogP contribution in [0.3, 0.4) is 0 Å². The second-order valence-electron chi connectivity index (χ2n) is 10.3. The van der Waals surface area contributed by atoms with E-state index >= 15 is 0 Å². The highest BCUT2D eigenvalue weighted by atomic mass is 16.5. The predicted octanol–water partition coefficient (Wildman–Crippen LogP) is 3.17. The zero-order chi connectivity index (χ0) is 25.6. The summed E-state index contributed by atoms with van der Waals surface area (Å²) in [4.78, 5) is 17.2. The van der Waals surface area contributed by atoms with Gasteiger partial charge in [-0.15, -0.1) is 0 Å². The molecule has 2 fully saturated rings. The lowest BCUT2D eigenvalue weighted by atomic mass is 10.0. The van der Waals surface area contributed by atoms with Crippen LogP contribution in [-0.2, 0) is 11.2 Å². The largest absolute Gasteiger partial charge is 0.390 e. The number of aliphatic hydroxyl groups is 1. The number of β-amino-alcohol motifs (C(OH)–C–C–N with tert-alkyl or cyclic N) is 1. The number of hydrogen-bond donors (Lipinski definition) is 1. The Hall–Kier alpha value is -2.84. The Morgan fingerprint density at radius 1 is 0.838 bits per heavy atom. The van der Waals surface area contributed by atoms with E-state index in [0.717, 1.165) is 88.3 Å². The van der Waals surface area contributed by atoms with Crippen molar-refractivity contribution in [3.8, 4) is 11.4 Å². The molecule has 0 unspecified atom stereocenters. The summed E-state index contributed by atoms with van der Waals surface area (Å²) in [5, 5.41) is 10.7. The summed E-state index contributed by atoms with van der Waals surface area (Å²) >= 11 is 0. The fourth-order valence-corrected chi connectivity index (χ4v) is 5.37. The summed E-state index contributed by atoms with van der Waals surface area (Å²) < 4.78 is 5.43. The number of aliphatic hydroxyl groups excluding tert-OH is 1. The van der Waals surface area contributed by atoms with E-state index in [9.17, 15) is 5.11 Å². The summed E-state index contributed by atoms with van der Waals surface area (Å²) in [5.41, 5.74) is 5.83. The number of aryl methyl sites for hydroxylation is 2. The molecule has 5 rings (SSSR count). The van der Waals surface area contributed by atoms with Crippen molar-refractivity contribution in [1.82, 2.24) is 19.8 Å². The van der Waals surface area contributed by atoms with E-state index in [-0.39, 0.29) is 6.10 Å². The summed E-state index contributed by atoms with van der Waals surface area (Å²) in [7, 11) is 0. The van der Waals surface area contributed by atoms with Crippen molar-refractivity contribution in [1.29, 1.82) is 0 Å². The minimum atomic E-state index is -0.340. The van der Waals surface area contributed by atoms with Crippen molar-refractivity contribution < 1.29 is 9.84 Å². The smallest absolute Gasteiger partial charge is 0.161 e. The van der Waals surface area contributed by atoms with Gasteiger partial charge in [-0.1, -0.05) is 60.2 Å². The molecular formula is C30H39N5O2. The maximum Gasteiger partial charge on any atom is 0.161 e. The number of piperazine rings is 1. The monoisotopic (exact) mass is 501 g/mol. The van der Waals surface area contributed by atoms with Gasteiger partial charge in [-0.05, 0) is 19.4 Å². The summed E-state index contributed by atoms with van der Waals surface area (Å²) in [6, 6.07) is 19.0. The lowest BCUT2D eigenvalue weighted by molar-refractivity contribution is 0.00655.